The number of amidine groups is 1. The fourth-order valence-electron chi connectivity index (χ4n) is 2.25. The smallest absolute Gasteiger partial charge is 0.253 e. The maximum absolute atomic E-state index is 13.0. The number of rotatable bonds is 4. The topological polar surface area (TPSA) is 74.7 Å². The van der Waals surface area contributed by atoms with Gasteiger partial charge < -0.3 is 10.2 Å². The van der Waals surface area contributed by atoms with Crippen LogP contribution < -0.4 is 5.32 Å². The molecule has 0 saturated carbocycles. The molecule has 0 spiro atoms. The molecule has 1 saturated heterocycles. The lowest BCUT2D eigenvalue weighted by Crippen LogP contribution is -2.37. The molecule has 2 amide bonds. The second-order valence-corrected chi connectivity index (χ2v) is 6.58. The van der Waals surface area contributed by atoms with Crippen LogP contribution in [-0.4, -0.2) is 45.7 Å². The van der Waals surface area contributed by atoms with Crippen LogP contribution in [0.5, 0.6) is 0 Å². The highest BCUT2D eigenvalue weighted by Crippen LogP contribution is 2.23. The van der Waals surface area contributed by atoms with E-state index < -0.39 is 11.1 Å². The Hall–Kier alpha value is -2.74. The first-order chi connectivity index (χ1) is 12.0. The van der Waals surface area contributed by atoms with Gasteiger partial charge in [-0.25, -0.2) is 14.4 Å². The van der Waals surface area contributed by atoms with Crippen LogP contribution >= 0.6 is 11.8 Å². The van der Waals surface area contributed by atoms with Crippen LogP contribution in [0, 0.1) is 5.82 Å². The lowest BCUT2D eigenvalue weighted by molar-refractivity contribution is -0.118. The number of hydrogen-bond donors (Lipinski definition) is 1. The van der Waals surface area contributed by atoms with E-state index >= 15 is 0 Å². The number of nitrogens with zero attached hydrogens (tertiary/aromatic N) is 3. The molecular weight excluding hydrogens is 343 g/mol. The van der Waals surface area contributed by atoms with Crippen molar-refractivity contribution in [3.05, 3.63) is 60.0 Å². The van der Waals surface area contributed by atoms with E-state index in [0.29, 0.717) is 16.5 Å². The van der Waals surface area contributed by atoms with Gasteiger partial charge in [-0.15, -0.1) is 0 Å². The number of benzene rings is 1. The Kier molecular flexibility index (Phi) is 5.08. The Morgan fingerprint density at radius 1 is 1.32 bits per heavy atom. The van der Waals surface area contributed by atoms with Crippen molar-refractivity contribution in [2.24, 2.45) is 4.99 Å². The Labute approximate surface area is 148 Å². The summed E-state index contributed by atoms with van der Waals surface area (Å²) in [6, 6.07) is 10.6. The van der Waals surface area contributed by atoms with Gasteiger partial charge in [-0.05, 0) is 36.4 Å². The van der Waals surface area contributed by atoms with Crippen molar-refractivity contribution in [3.63, 3.8) is 0 Å². The lowest BCUT2D eigenvalue weighted by Gasteiger charge is -2.19. The Bertz CT molecular complexity index is 811. The minimum atomic E-state index is -0.461. The summed E-state index contributed by atoms with van der Waals surface area (Å²) < 4.78 is 13.0. The van der Waals surface area contributed by atoms with Gasteiger partial charge in [0.15, 0.2) is 11.0 Å². The van der Waals surface area contributed by atoms with Gasteiger partial charge in [0.05, 0.1) is 0 Å². The fourth-order valence-corrected chi connectivity index (χ4v) is 3.29. The molecule has 1 aromatic heterocycles. The molecule has 0 aliphatic carbocycles. The van der Waals surface area contributed by atoms with Crippen LogP contribution in [0.25, 0.3) is 0 Å². The van der Waals surface area contributed by atoms with E-state index in [9.17, 15) is 14.0 Å². The van der Waals surface area contributed by atoms with E-state index in [1.807, 2.05) is 0 Å². The Balaban J connectivity index is 1.64. The molecule has 1 aliphatic rings. The maximum Gasteiger partial charge on any atom is 0.253 e. The minimum absolute atomic E-state index is 0.210. The summed E-state index contributed by atoms with van der Waals surface area (Å²) in [4.78, 5) is 34.2. The zero-order valence-corrected chi connectivity index (χ0v) is 14.2. The van der Waals surface area contributed by atoms with E-state index in [1.165, 1.54) is 40.9 Å². The molecule has 2 heterocycles. The summed E-state index contributed by atoms with van der Waals surface area (Å²) in [5.41, 5.74) is 0.370. The molecule has 0 bridgehead atoms. The number of thioether (sulfide) groups is 1. The summed E-state index contributed by atoms with van der Waals surface area (Å²) in [5, 5.41) is 2.68. The maximum atomic E-state index is 13.0. The highest BCUT2D eigenvalue weighted by atomic mass is 32.2. The third kappa shape index (κ3) is 4.21. The van der Waals surface area contributed by atoms with Crippen molar-refractivity contribution in [2.45, 2.75) is 5.25 Å². The van der Waals surface area contributed by atoms with Crippen LogP contribution in [-0.2, 0) is 4.79 Å². The molecule has 1 fully saturated rings. The average Bonchev–Trinajstić information content (AvgIpc) is 2.95. The van der Waals surface area contributed by atoms with E-state index in [2.05, 4.69) is 15.3 Å². The van der Waals surface area contributed by atoms with Gasteiger partial charge in [-0.1, -0.05) is 17.8 Å². The van der Waals surface area contributed by atoms with Crippen LogP contribution in [0.15, 0.2) is 53.7 Å². The summed E-state index contributed by atoms with van der Waals surface area (Å²) in [6.07, 6.45) is 1.62. The van der Waals surface area contributed by atoms with Gasteiger partial charge in [0, 0.05) is 25.4 Å². The molecule has 1 atom stereocenters. The summed E-state index contributed by atoms with van der Waals surface area (Å²) in [6.45, 7) is 0.216. The number of aliphatic imine (C=N–C) groups is 1. The van der Waals surface area contributed by atoms with Gasteiger partial charge in [-0.2, -0.15) is 0 Å². The van der Waals surface area contributed by atoms with Crippen LogP contribution in [0.1, 0.15) is 10.4 Å². The molecule has 25 heavy (non-hydrogen) atoms. The number of carbonyl (C=O) groups excluding carboxylic acids is 2. The van der Waals surface area contributed by atoms with E-state index in [4.69, 9.17) is 0 Å². The first-order valence-corrected chi connectivity index (χ1v) is 8.39. The molecule has 6 nitrogen and oxygen atoms in total. The van der Waals surface area contributed by atoms with Gasteiger partial charge in [-0.3, -0.25) is 9.59 Å². The van der Waals surface area contributed by atoms with E-state index in [-0.39, 0.29) is 18.4 Å². The quantitative estimate of drug-likeness (QED) is 0.909. The van der Waals surface area contributed by atoms with Gasteiger partial charge in [0.2, 0.25) is 5.91 Å². The first kappa shape index (κ1) is 17.1. The first-order valence-electron chi connectivity index (χ1n) is 7.51. The van der Waals surface area contributed by atoms with Crippen LogP contribution in [0.4, 0.5) is 10.2 Å². The molecule has 0 radical (unpaired) electrons. The van der Waals surface area contributed by atoms with Crippen molar-refractivity contribution < 1.29 is 14.0 Å². The highest BCUT2D eigenvalue weighted by Gasteiger charge is 2.32. The third-order valence-electron chi connectivity index (χ3n) is 3.52. The van der Waals surface area contributed by atoms with Crippen molar-refractivity contribution in [2.75, 3.05) is 13.6 Å². The molecule has 1 N–H and O–H groups in total. The third-order valence-corrected chi connectivity index (χ3v) is 4.58. The number of hydrogen-bond acceptors (Lipinski definition) is 5. The van der Waals surface area contributed by atoms with Crippen LogP contribution in [0.3, 0.4) is 0 Å². The average molecular weight is 358 g/mol. The van der Waals surface area contributed by atoms with Crippen molar-refractivity contribution in [1.82, 2.24) is 15.2 Å². The van der Waals surface area contributed by atoms with E-state index in [1.54, 1.807) is 31.4 Å². The summed E-state index contributed by atoms with van der Waals surface area (Å²) in [7, 11) is 1.60. The van der Waals surface area contributed by atoms with Crippen LogP contribution in [0.2, 0.25) is 0 Å². The SMILES string of the molecule is CN(CC1SC(=Nc2ccccn2)NC1=O)C(=O)c1ccc(F)cc1. The summed E-state index contributed by atoms with van der Waals surface area (Å²) >= 11 is 1.25. The van der Waals surface area contributed by atoms with Gasteiger partial charge in [0.1, 0.15) is 11.1 Å². The number of nitrogens with one attached hydrogen (secondary N) is 1. The standard InChI is InChI=1S/C17H15FN4O2S/c1-22(16(24)11-5-7-12(18)8-6-11)10-13-15(23)21-17(25-13)20-14-4-2-3-9-19-14/h2-9,13H,10H2,1H3,(H,19,20,21,23). The van der Waals surface area contributed by atoms with Gasteiger partial charge in [0.25, 0.3) is 5.91 Å². The molecule has 3 rings (SSSR count). The van der Waals surface area contributed by atoms with E-state index in [0.717, 1.165) is 0 Å². The Morgan fingerprint density at radius 2 is 2.08 bits per heavy atom. The molecule has 8 heteroatoms. The zero-order valence-electron chi connectivity index (χ0n) is 13.3. The molecule has 1 aromatic carbocycles. The second-order valence-electron chi connectivity index (χ2n) is 5.39. The highest BCUT2D eigenvalue weighted by molar-refractivity contribution is 8.15. The molecule has 128 valence electrons. The van der Waals surface area contributed by atoms with Crippen molar-refractivity contribution in [1.29, 1.82) is 0 Å². The molecule has 2 aromatic rings. The zero-order chi connectivity index (χ0) is 17.8. The molecule has 1 unspecified atom stereocenters. The number of aromatic nitrogens is 1. The molecular formula is C17H15FN4O2S. The second kappa shape index (κ2) is 7.43. The van der Waals surface area contributed by atoms with Gasteiger partial charge >= 0.3 is 0 Å². The fraction of sp³-hybridized carbons (Fsp3) is 0.176. The number of pyridine rings is 1. The van der Waals surface area contributed by atoms with Crippen molar-refractivity contribution >= 4 is 34.6 Å². The normalized spacial score (nSPS) is 18.2. The predicted octanol–water partition coefficient (Wildman–Crippen LogP) is 2.21. The predicted molar refractivity (Wildman–Crippen MR) is 94.2 cm³/mol. The Morgan fingerprint density at radius 3 is 2.76 bits per heavy atom. The molecule has 1 aliphatic heterocycles. The number of carbonyl (C=O) groups is 2. The number of amides is 2. The minimum Gasteiger partial charge on any atom is -0.340 e. The summed E-state index contributed by atoms with van der Waals surface area (Å²) in [5.74, 6) is -0.385. The lowest BCUT2D eigenvalue weighted by atomic mass is 10.2. The largest absolute Gasteiger partial charge is 0.340 e. The van der Waals surface area contributed by atoms with Crippen molar-refractivity contribution in [3.8, 4) is 0 Å². The monoisotopic (exact) mass is 358 g/mol. The number of halogens is 1.